The van der Waals surface area contributed by atoms with Crippen molar-refractivity contribution < 1.29 is 18.2 Å². The van der Waals surface area contributed by atoms with Gasteiger partial charge < -0.3 is 4.52 Å². The Bertz CT molecular complexity index is 3090. The predicted molar refractivity (Wildman–Crippen MR) is 214 cm³/mol. The molecule has 0 spiro atoms. The normalized spacial score (nSPS) is 11.4. The van der Waals surface area contributed by atoms with E-state index in [2.05, 4.69) is 40.5 Å². The number of benzene rings is 2. The standard InChI is InChI=1S/C38H24Cl2FN12O4S2/c39-24-3-1-2-22(14-24)37-45-35(29-9-11-33(55)52(49-29)20-31-46-47-38(59-31)21-4-6-26(41)7-5-21)53(57-37)13-12-30-43-18-27(58-30)19-51-32(54)10-8-28(48-51)34-44-36(56-50-34)23-15-25(40)17-42-16-23/h1-11,14-18H,12-13,19-20H2/q+1. The lowest BCUT2D eigenvalue weighted by molar-refractivity contribution is -0.853. The number of hydrogen-bond acceptors (Lipinski definition) is 15. The van der Waals surface area contributed by atoms with Crippen LogP contribution >= 0.6 is 45.9 Å². The lowest BCUT2D eigenvalue weighted by Gasteiger charge is -2.03. The highest BCUT2D eigenvalue weighted by molar-refractivity contribution is 7.14. The van der Waals surface area contributed by atoms with Gasteiger partial charge in [0, 0.05) is 57.6 Å². The molecule has 59 heavy (non-hydrogen) atoms. The summed E-state index contributed by atoms with van der Waals surface area (Å²) in [4.78, 5) is 44.4. The van der Waals surface area contributed by atoms with Crippen LogP contribution in [-0.2, 0) is 26.1 Å². The van der Waals surface area contributed by atoms with Crippen molar-refractivity contribution in [2.45, 2.75) is 26.1 Å². The summed E-state index contributed by atoms with van der Waals surface area (Å²) in [7, 11) is 0. The van der Waals surface area contributed by atoms with Crippen LogP contribution in [0.15, 0.2) is 116 Å². The van der Waals surface area contributed by atoms with Crippen LogP contribution in [0.3, 0.4) is 0 Å². The molecule has 0 aliphatic carbocycles. The fourth-order valence-electron chi connectivity index (χ4n) is 5.77. The molecule has 16 nitrogen and oxygen atoms in total. The fourth-order valence-corrected chi connectivity index (χ4v) is 7.85. The summed E-state index contributed by atoms with van der Waals surface area (Å²) in [6.45, 7) is 0.493. The van der Waals surface area contributed by atoms with E-state index in [-0.39, 0.29) is 41.7 Å². The van der Waals surface area contributed by atoms with Gasteiger partial charge in [-0.1, -0.05) is 50.5 Å². The Kier molecular flexibility index (Phi) is 10.5. The van der Waals surface area contributed by atoms with Gasteiger partial charge in [-0.15, -0.1) is 21.5 Å². The lowest BCUT2D eigenvalue weighted by Crippen LogP contribution is -2.36. The van der Waals surface area contributed by atoms with Crippen molar-refractivity contribution in [3.05, 3.63) is 149 Å². The zero-order valence-corrected chi connectivity index (χ0v) is 33.2. The summed E-state index contributed by atoms with van der Waals surface area (Å²) >= 11 is 15.0. The van der Waals surface area contributed by atoms with Gasteiger partial charge in [0.2, 0.25) is 5.82 Å². The first-order chi connectivity index (χ1) is 28.7. The molecule has 0 fully saturated rings. The Morgan fingerprint density at radius 2 is 1.51 bits per heavy atom. The molecule has 9 aromatic rings. The molecule has 0 aliphatic rings. The van der Waals surface area contributed by atoms with E-state index in [1.807, 2.05) is 6.07 Å². The maximum absolute atomic E-state index is 13.5. The smallest absolute Gasteiger partial charge is 0.333 e. The highest BCUT2D eigenvalue weighted by Gasteiger charge is 2.28. The number of nitrogens with zero attached hydrogens (tertiary/aromatic N) is 12. The van der Waals surface area contributed by atoms with Gasteiger partial charge in [-0.05, 0) is 60.7 Å². The first-order valence-electron chi connectivity index (χ1n) is 17.5. The van der Waals surface area contributed by atoms with Crippen molar-refractivity contribution in [2.24, 2.45) is 0 Å². The monoisotopic (exact) mass is 865 g/mol. The van der Waals surface area contributed by atoms with Crippen LogP contribution < -0.4 is 15.9 Å². The van der Waals surface area contributed by atoms with E-state index in [9.17, 15) is 14.0 Å². The van der Waals surface area contributed by atoms with Gasteiger partial charge in [-0.2, -0.15) is 15.2 Å². The maximum Gasteiger partial charge on any atom is 0.389 e. The Morgan fingerprint density at radius 3 is 2.32 bits per heavy atom. The molecule has 9 rings (SSSR count). The van der Waals surface area contributed by atoms with Crippen LogP contribution in [0.5, 0.6) is 0 Å². The Hall–Kier alpha value is -6.67. The number of rotatable bonds is 12. The van der Waals surface area contributed by atoms with Crippen LogP contribution in [0.1, 0.15) is 14.9 Å². The van der Waals surface area contributed by atoms with Crippen LogP contribution in [0.2, 0.25) is 10.0 Å². The molecule has 0 amide bonds. The van der Waals surface area contributed by atoms with E-state index >= 15 is 0 Å². The summed E-state index contributed by atoms with van der Waals surface area (Å²) in [5.74, 6) is 0.692. The van der Waals surface area contributed by atoms with Gasteiger partial charge in [0.1, 0.15) is 28.1 Å². The van der Waals surface area contributed by atoms with Crippen molar-refractivity contribution in [3.63, 3.8) is 0 Å². The van der Waals surface area contributed by atoms with Crippen LogP contribution in [0.4, 0.5) is 4.39 Å². The zero-order chi connectivity index (χ0) is 40.5. The molecule has 0 bridgehead atoms. The minimum absolute atomic E-state index is 0.0458. The predicted octanol–water partition coefficient (Wildman–Crippen LogP) is 6.28. The molecular formula is C38H24Cl2FN12O4S2+. The van der Waals surface area contributed by atoms with E-state index < -0.39 is 0 Å². The number of halogens is 3. The molecule has 0 saturated heterocycles. The van der Waals surface area contributed by atoms with Crippen LogP contribution in [0.25, 0.3) is 56.5 Å². The second kappa shape index (κ2) is 16.3. The highest BCUT2D eigenvalue weighted by Crippen LogP contribution is 2.26. The Morgan fingerprint density at radius 1 is 0.729 bits per heavy atom. The molecule has 7 heterocycles. The number of hydrogen-bond donors (Lipinski definition) is 0. The van der Waals surface area contributed by atoms with Gasteiger partial charge in [-0.25, -0.2) is 18.7 Å². The van der Waals surface area contributed by atoms with Gasteiger partial charge in [-0.3, -0.25) is 19.1 Å². The summed E-state index contributed by atoms with van der Waals surface area (Å²) in [6.07, 6.45) is 5.16. The Balaban J connectivity index is 0.944. The van der Waals surface area contributed by atoms with Crippen molar-refractivity contribution in [3.8, 4) is 56.5 Å². The molecule has 0 unspecified atom stereocenters. The quantitative estimate of drug-likeness (QED) is 0.125. The van der Waals surface area contributed by atoms with Gasteiger partial charge >= 0.3 is 11.7 Å². The zero-order valence-electron chi connectivity index (χ0n) is 30.0. The van der Waals surface area contributed by atoms with Crippen LogP contribution in [0, 0.1) is 5.82 Å². The van der Waals surface area contributed by atoms with E-state index in [1.165, 1.54) is 68.6 Å². The average Bonchev–Trinajstić information content (AvgIpc) is 4.07. The number of aryl methyl sites for hydroxylation is 2. The van der Waals surface area contributed by atoms with E-state index in [0.29, 0.717) is 72.8 Å². The molecule has 0 radical (unpaired) electrons. The third-order valence-corrected chi connectivity index (χ3v) is 11.0. The molecule has 2 aromatic carbocycles. The van der Waals surface area contributed by atoms with E-state index in [1.54, 1.807) is 59.6 Å². The van der Waals surface area contributed by atoms with Gasteiger partial charge in [0.05, 0.1) is 34.2 Å². The molecule has 292 valence electrons. The summed E-state index contributed by atoms with van der Waals surface area (Å²) in [5.41, 5.74) is 1.91. The third-order valence-electron chi connectivity index (χ3n) is 8.56. The second-order valence-electron chi connectivity index (χ2n) is 12.7. The van der Waals surface area contributed by atoms with Crippen molar-refractivity contribution in [2.75, 3.05) is 0 Å². The van der Waals surface area contributed by atoms with Crippen molar-refractivity contribution in [1.29, 1.82) is 0 Å². The summed E-state index contributed by atoms with van der Waals surface area (Å²) in [5, 5.41) is 24.4. The summed E-state index contributed by atoms with van der Waals surface area (Å²) < 4.78 is 29.3. The Labute approximate surface area is 348 Å². The molecule has 0 atom stereocenters. The molecule has 0 aliphatic heterocycles. The van der Waals surface area contributed by atoms with Crippen molar-refractivity contribution >= 4 is 45.9 Å². The third kappa shape index (κ3) is 8.49. The van der Waals surface area contributed by atoms with E-state index in [4.69, 9.17) is 37.2 Å². The number of pyridine rings is 1. The maximum atomic E-state index is 13.5. The first-order valence-corrected chi connectivity index (χ1v) is 19.9. The molecule has 21 heteroatoms. The largest absolute Gasteiger partial charge is 0.389 e. The van der Waals surface area contributed by atoms with Gasteiger partial charge in [0.15, 0.2) is 5.69 Å². The molecular weight excluding hydrogens is 843 g/mol. The molecule has 0 N–H and O–H groups in total. The minimum atomic E-state index is -0.357. The van der Waals surface area contributed by atoms with Gasteiger partial charge in [0.25, 0.3) is 17.0 Å². The molecule has 0 saturated carbocycles. The minimum Gasteiger partial charge on any atom is -0.333 e. The fraction of sp³-hybridized carbons (Fsp3) is 0.105. The molecule has 7 aromatic heterocycles. The highest BCUT2D eigenvalue weighted by atomic mass is 35.5. The first kappa shape index (κ1) is 37.9. The second-order valence-corrected chi connectivity index (χ2v) is 15.8. The SMILES string of the molecule is O=c1ccc(-c2noc(-c3cncc(Cl)c3)n2)nn1Cc1cnc(CC[n+]2oc(-c3cccc(Cl)c3)nc2-c2ccc(=O)n(Cc3nnc(-c4ccc(F)cc4)s3)n2)s1. The van der Waals surface area contributed by atoms with E-state index in [0.717, 1.165) is 9.88 Å². The average molecular weight is 867 g/mol. The summed E-state index contributed by atoms with van der Waals surface area (Å²) in [6, 6.07) is 20.5. The lowest BCUT2D eigenvalue weighted by atomic mass is 10.2. The number of thiazole rings is 1. The topological polar surface area (TPSA) is 190 Å². The van der Waals surface area contributed by atoms with Crippen molar-refractivity contribution in [1.82, 2.24) is 54.9 Å². The van der Waals surface area contributed by atoms with Crippen LogP contribution in [-0.4, -0.2) is 54.9 Å². The number of aromatic nitrogens is 12.